The first-order chi connectivity index (χ1) is 21.9. The number of nitrogens with one attached hydrogen (secondary N) is 1. The molecule has 0 aliphatic rings. The smallest absolute Gasteiger partial charge is 0.389 e. The van der Waals surface area contributed by atoms with Crippen LogP contribution in [0.5, 0.6) is 11.5 Å². The van der Waals surface area contributed by atoms with Crippen molar-refractivity contribution in [3.05, 3.63) is 126 Å². The van der Waals surface area contributed by atoms with Crippen molar-refractivity contribution in [3.8, 4) is 22.6 Å². The summed E-state index contributed by atoms with van der Waals surface area (Å²) in [6.07, 6.45) is -3.10. The standard InChI is InChI=1S/C35H28F3NO7/c36-35(37,38)22-21-24-1-6-25(7-2-24)26-8-10-27(11-9-26)34(44)46-30-14-3-23(4-15-30)5-20-33(43)45-29-16-12-28(13-17-29)39-31(40)18-19-32(41)42/h1-4,6-19H,5,20-22H2,(H,39,40)(H,41,42)/b19-18-. The van der Waals surface area contributed by atoms with E-state index in [1.54, 1.807) is 72.8 Å². The summed E-state index contributed by atoms with van der Waals surface area (Å²) < 4.78 is 48.1. The fourth-order valence-corrected chi connectivity index (χ4v) is 4.20. The largest absolute Gasteiger partial charge is 0.478 e. The molecule has 0 spiro atoms. The Bertz CT molecular complexity index is 1700. The number of aryl methyl sites for hydroxylation is 2. The molecule has 0 unspecified atom stereocenters. The van der Waals surface area contributed by atoms with Crippen LogP contribution in [0.2, 0.25) is 0 Å². The van der Waals surface area contributed by atoms with Gasteiger partial charge in [-0.15, -0.1) is 0 Å². The number of hydrogen-bond acceptors (Lipinski definition) is 6. The first-order valence-electron chi connectivity index (χ1n) is 14.0. The molecule has 0 fully saturated rings. The molecule has 1 amide bonds. The predicted molar refractivity (Wildman–Crippen MR) is 163 cm³/mol. The molecule has 0 radical (unpaired) electrons. The van der Waals surface area contributed by atoms with E-state index in [9.17, 15) is 32.3 Å². The summed E-state index contributed by atoms with van der Waals surface area (Å²) in [5, 5.41) is 11.0. The summed E-state index contributed by atoms with van der Waals surface area (Å²) >= 11 is 0. The Labute approximate surface area is 262 Å². The van der Waals surface area contributed by atoms with Crippen LogP contribution in [0.25, 0.3) is 11.1 Å². The molecular weight excluding hydrogens is 603 g/mol. The number of ether oxygens (including phenoxy) is 2. The van der Waals surface area contributed by atoms with Crippen LogP contribution in [0.3, 0.4) is 0 Å². The fourth-order valence-electron chi connectivity index (χ4n) is 4.20. The summed E-state index contributed by atoms with van der Waals surface area (Å²) in [6, 6.07) is 26.2. The predicted octanol–water partition coefficient (Wildman–Crippen LogP) is 7.19. The molecule has 4 aromatic carbocycles. The van der Waals surface area contributed by atoms with Crippen molar-refractivity contribution in [1.29, 1.82) is 0 Å². The normalized spacial score (nSPS) is 11.2. The maximum atomic E-state index is 12.6. The minimum Gasteiger partial charge on any atom is -0.478 e. The lowest BCUT2D eigenvalue weighted by atomic mass is 10.0. The van der Waals surface area contributed by atoms with Crippen LogP contribution in [0.1, 0.15) is 34.3 Å². The van der Waals surface area contributed by atoms with E-state index < -0.39 is 36.4 Å². The molecule has 2 N–H and O–H groups in total. The number of rotatable bonds is 12. The number of anilines is 1. The quantitative estimate of drug-likeness (QED) is 0.0966. The van der Waals surface area contributed by atoms with E-state index in [1.807, 2.05) is 0 Å². The van der Waals surface area contributed by atoms with Gasteiger partial charge in [-0.1, -0.05) is 48.5 Å². The average Bonchev–Trinajstić information content (AvgIpc) is 3.03. The molecule has 8 nitrogen and oxygen atoms in total. The molecule has 0 heterocycles. The van der Waals surface area contributed by atoms with Gasteiger partial charge in [0.15, 0.2) is 0 Å². The highest BCUT2D eigenvalue weighted by Gasteiger charge is 2.26. The van der Waals surface area contributed by atoms with Gasteiger partial charge in [-0.3, -0.25) is 9.59 Å². The van der Waals surface area contributed by atoms with Gasteiger partial charge < -0.3 is 19.9 Å². The van der Waals surface area contributed by atoms with Crippen molar-refractivity contribution in [2.24, 2.45) is 0 Å². The van der Waals surface area contributed by atoms with Gasteiger partial charge in [0.25, 0.3) is 0 Å². The molecular formula is C35H28F3NO7. The zero-order valence-electron chi connectivity index (χ0n) is 24.3. The van der Waals surface area contributed by atoms with Gasteiger partial charge >= 0.3 is 24.1 Å². The number of carbonyl (C=O) groups excluding carboxylic acids is 3. The Hall–Kier alpha value is -5.71. The molecule has 0 aromatic heterocycles. The number of amides is 1. The van der Waals surface area contributed by atoms with Crippen molar-refractivity contribution < 1.29 is 46.9 Å². The highest BCUT2D eigenvalue weighted by Crippen LogP contribution is 2.25. The molecule has 236 valence electrons. The van der Waals surface area contributed by atoms with Crippen molar-refractivity contribution in [2.45, 2.75) is 31.9 Å². The van der Waals surface area contributed by atoms with Gasteiger partial charge in [0.2, 0.25) is 5.91 Å². The number of esters is 2. The Morgan fingerprint density at radius 3 is 1.78 bits per heavy atom. The molecule has 4 aromatic rings. The average molecular weight is 632 g/mol. The minimum absolute atomic E-state index is 0.0822. The summed E-state index contributed by atoms with van der Waals surface area (Å²) in [6.45, 7) is 0. The van der Waals surface area contributed by atoms with Crippen LogP contribution >= 0.6 is 0 Å². The fraction of sp³-hybridized carbons (Fsp3) is 0.143. The summed E-state index contributed by atoms with van der Waals surface area (Å²) in [5.74, 6) is -2.30. The Balaban J connectivity index is 1.22. The van der Waals surface area contributed by atoms with Crippen LogP contribution in [0, 0.1) is 0 Å². The monoisotopic (exact) mass is 631 g/mol. The maximum absolute atomic E-state index is 12.6. The Morgan fingerprint density at radius 1 is 0.674 bits per heavy atom. The molecule has 0 aliphatic carbocycles. The lowest BCUT2D eigenvalue weighted by molar-refractivity contribution is -0.135. The highest BCUT2D eigenvalue weighted by atomic mass is 19.4. The molecule has 0 atom stereocenters. The third-order valence-corrected chi connectivity index (χ3v) is 6.59. The van der Waals surface area contributed by atoms with Crippen LogP contribution in [-0.4, -0.2) is 35.1 Å². The van der Waals surface area contributed by atoms with E-state index in [-0.39, 0.29) is 18.6 Å². The first kappa shape index (κ1) is 33.2. The van der Waals surface area contributed by atoms with Crippen LogP contribution in [-0.2, 0) is 27.2 Å². The van der Waals surface area contributed by atoms with E-state index >= 15 is 0 Å². The molecule has 0 saturated heterocycles. The number of alkyl halides is 3. The number of aliphatic carboxylic acids is 1. The van der Waals surface area contributed by atoms with Crippen LogP contribution < -0.4 is 14.8 Å². The molecule has 0 aliphatic heterocycles. The molecule has 0 saturated carbocycles. The number of hydrogen-bond donors (Lipinski definition) is 2. The number of carboxylic acids is 1. The lowest BCUT2D eigenvalue weighted by Gasteiger charge is -2.09. The van der Waals surface area contributed by atoms with Gasteiger partial charge in [-0.2, -0.15) is 13.2 Å². The third kappa shape index (κ3) is 10.8. The highest BCUT2D eigenvalue weighted by molar-refractivity contribution is 6.02. The second-order valence-corrected chi connectivity index (χ2v) is 10.1. The van der Waals surface area contributed by atoms with E-state index in [1.165, 1.54) is 24.3 Å². The van der Waals surface area contributed by atoms with Crippen molar-refractivity contribution in [1.82, 2.24) is 0 Å². The van der Waals surface area contributed by atoms with E-state index in [0.29, 0.717) is 35.1 Å². The van der Waals surface area contributed by atoms with Gasteiger partial charge in [-0.05, 0) is 83.6 Å². The zero-order chi connectivity index (χ0) is 33.1. The second kappa shape index (κ2) is 15.3. The van der Waals surface area contributed by atoms with E-state index in [4.69, 9.17) is 14.6 Å². The van der Waals surface area contributed by atoms with E-state index in [2.05, 4.69) is 5.32 Å². The first-order valence-corrected chi connectivity index (χ1v) is 14.0. The summed E-state index contributed by atoms with van der Waals surface area (Å²) in [7, 11) is 0. The van der Waals surface area contributed by atoms with Gasteiger partial charge in [-0.25, -0.2) is 9.59 Å². The van der Waals surface area contributed by atoms with Gasteiger partial charge in [0.1, 0.15) is 11.5 Å². The van der Waals surface area contributed by atoms with Crippen molar-refractivity contribution in [2.75, 3.05) is 5.32 Å². The topological polar surface area (TPSA) is 119 Å². The number of carboxylic acid groups (broad SMARTS) is 1. The summed E-state index contributed by atoms with van der Waals surface area (Å²) in [4.78, 5) is 47.1. The van der Waals surface area contributed by atoms with Crippen molar-refractivity contribution >= 4 is 29.5 Å². The molecule has 11 heteroatoms. The zero-order valence-corrected chi connectivity index (χ0v) is 24.3. The Morgan fingerprint density at radius 2 is 1.20 bits per heavy atom. The third-order valence-electron chi connectivity index (χ3n) is 6.59. The van der Waals surface area contributed by atoms with Crippen LogP contribution in [0.4, 0.5) is 18.9 Å². The SMILES string of the molecule is O=C(O)/C=C\C(=O)Nc1ccc(OC(=O)CCc2ccc(OC(=O)c3ccc(-c4ccc(CCC(F)(F)F)cc4)cc3)cc2)cc1. The van der Waals surface area contributed by atoms with Crippen LogP contribution in [0.15, 0.2) is 109 Å². The lowest BCUT2D eigenvalue weighted by Crippen LogP contribution is -2.10. The van der Waals surface area contributed by atoms with Gasteiger partial charge in [0, 0.05) is 30.7 Å². The maximum Gasteiger partial charge on any atom is 0.389 e. The van der Waals surface area contributed by atoms with Gasteiger partial charge in [0.05, 0.1) is 5.56 Å². The van der Waals surface area contributed by atoms with Crippen molar-refractivity contribution in [3.63, 3.8) is 0 Å². The number of halogens is 3. The number of carbonyl (C=O) groups is 4. The molecule has 46 heavy (non-hydrogen) atoms. The second-order valence-electron chi connectivity index (χ2n) is 10.1. The molecule has 0 bridgehead atoms. The minimum atomic E-state index is -4.20. The summed E-state index contributed by atoms with van der Waals surface area (Å²) in [5.41, 5.74) is 3.74. The molecule has 4 rings (SSSR count). The van der Waals surface area contributed by atoms with E-state index in [0.717, 1.165) is 22.8 Å². The number of benzene rings is 4. The Kier molecular flexibility index (Phi) is 11.1.